The maximum atomic E-state index is 10.7. The molecule has 1 fully saturated rings. The highest BCUT2D eigenvalue weighted by Crippen LogP contribution is 2.23. The fourth-order valence-electron chi connectivity index (χ4n) is 3.44. The number of aliphatic imine (C=N–C) groups is 1. The summed E-state index contributed by atoms with van der Waals surface area (Å²) in [4.78, 5) is 9.62. The van der Waals surface area contributed by atoms with Crippen molar-refractivity contribution in [2.24, 2.45) is 10.9 Å². The second-order valence-electron chi connectivity index (χ2n) is 8.10. The summed E-state index contributed by atoms with van der Waals surface area (Å²) in [6, 6.07) is 3.67. The van der Waals surface area contributed by atoms with Crippen molar-refractivity contribution in [3.05, 3.63) is 23.7 Å². The number of likely N-dealkylation sites (N-methyl/N-ethyl adjacent to an activating group) is 1. The summed E-state index contributed by atoms with van der Waals surface area (Å²) in [5.74, 6) is 2.58. The Labute approximate surface area is 170 Å². The minimum absolute atomic E-state index is 0.239. The standard InChI is InChI=1S/C21H39N5O2/c1-6-22-20(24-16-21(5,27)19-9-8-18(4)28-19)23-14-17(3)15-26-12-10-25(7-2)11-13-26/h8-9,17,27H,6-7,10-16H2,1-5H3,(H2,22,23,24). The number of aryl methyl sites for hydroxylation is 1. The highest BCUT2D eigenvalue weighted by molar-refractivity contribution is 5.79. The van der Waals surface area contributed by atoms with Crippen LogP contribution in [-0.2, 0) is 5.60 Å². The molecule has 28 heavy (non-hydrogen) atoms. The molecule has 160 valence electrons. The predicted octanol–water partition coefficient (Wildman–Crippen LogP) is 1.62. The third kappa shape index (κ3) is 7.11. The van der Waals surface area contributed by atoms with Gasteiger partial charge in [0.25, 0.3) is 0 Å². The van der Waals surface area contributed by atoms with Gasteiger partial charge in [0.05, 0.1) is 6.54 Å². The van der Waals surface area contributed by atoms with Crippen molar-refractivity contribution in [2.45, 2.75) is 40.2 Å². The van der Waals surface area contributed by atoms with Crippen LogP contribution in [0.3, 0.4) is 0 Å². The molecule has 2 unspecified atom stereocenters. The molecule has 1 aromatic heterocycles. The molecule has 3 N–H and O–H groups in total. The average Bonchev–Trinajstić information content (AvgIpc) is 3.12. The summed E-state index contributed by atoms with van der Waals surface area (Å²) in [5, 5.41) is 17.4. The van der Waals surface area contributed by atoms with E-state index in [4.69, 9.17) is 4.42 Å². The summed E-state index contributed by atoms with van der Waals surface area (Å²) in [7, 11) is 0. The SMILES string of the molecule is CCNC(=NCC(C)(O)c1ccc(C)o1)NCC(C)CN1CCN(CC)CC1. The van der Waals surface area contributed by atoms with E-state index in [0.717, 1.165) is 51.0 Å². The Morgan fingerprint density at radius 1 is 1.21 bits per heavy atom. The minimum Gasteiger partial charge on any atom is -0.463 e. The average molecular weight is 394 g/mol. The van der Waals surface area contributed by atoms with Gasteiger partial charge in [-0.3, -0.25) is 0 Å². The van der Waals surface area contributed by atoms with E-state index in [-0.39, 0.29) is 6.54 Å². The van der Waals surface area contributed by atoms with Crippen LogP contribution in [0.25, 0.3) is 0 Å². The first kappa shape index (κ1) is 22.7. The third-order valence-electron chi connectivity index (χ3n) is 5.26. The number of furan rings is 1. The first-order valence-corrected chi connectivity index (χ1v) is 10.6. The fourth-order valence-corrected chi connectivity index (χ4v) is 3.44. The van der Waals surface area contributed by atoms with E-state index in [1.54, 1.807) is 6.92 Å². The Hall–Kier alpha value is -1.57. The molecular formula is C21H39N5O2. The number of piperazine rings is 1. The Kier molecular flexibility index (Phi) is 8.79. The van der Waals surface area contributed by atoms with Gasteiger partial charge in [-0.1, -0.05) is 13.8 Å². The van der Waals surface area contributed by atoms with E-state index in [9.17, 15) is 5.11 Å². The lowest BCUT2D eigenvalue weighted by atomic mass is 10.0. The molecule has 2 rings (SSSR count). The lowest BCUT2D eigenvalue weighted by Gasteiger charge is -2.35. The van der Waals surface area contributed by atoms with Gasteiger partial charge in [-0.25, -0.2) is 4.99 Å². The molecule has 0 aliphatic carbocycles. The van der Waals surface area contributed by atoms with Gasteiger partial charge in [0.1, 0.15) is 17.1 Å². The summed E-state index contributed by atoms with van der Waals surface area (Å²) in [6.07, 6.45) is 0. The van der Waals surface area contributed by atoms with Gasteiger partial charge in [-0.2, -0.15) is 0 Å². The van der Waals surface area contributed by atoms with Crippen LogP contribution in [0.5, 0.6) is 0 Å². The van der Waals surface area contributed by atoms with Crippen molar-refractivity contribution in [2.75, 3.05) is 58.9 Å². The molecule has 0 aromatic carbocycles. The van der Waals surface area contributed by atoms with Crippen molar-refractivity contribution < 1.29 is 9.52 Å². The number of nitrogens with one attached hydrogen (secondary N) is 2. The largest absolute Gasteiger partial charge is 0.463 e. The highest BCUT2D eigenvalue weighted by atomic mass is 16.4. The number of hydrogen-bond donors (Lipinski definition) is 3. The van der Waals surface area contributed by atoms with Gasteiger partial charge in [0.2, 0.25) is 0 Å². The third-order valence-corrected chi connectivity index (χ3v) is 5.26. The molecule has 2 atom stereocenters. The molecule has 0 radical (unpaired) electrons. The smallest absolute Gasteiger partial charge is 0.191 e. The highest BCUT2D eigenvalue weighted by Gasteiger charge is 2.26. The van der Waals surface area contributed by atoms with Crippen LogP contribution in [0.15, 0.2) is 21.5 Å². The molecule has 0 amide bonds. The molecule has 1 saturated heterocycles. The predicted molar refractivity (Wildman–Crippen MR) is 115 cm³/mol. The van der Waals surface area contributed by atoms with E-state index in [2.05, 4.69) is 39.3 Å². The maximum Gasteiger partial charge on any atom is 0.191 e. The topological polar surface area (TPSA) is 76.3 Å². The number of aliphatic hydroxyl groups is 1. The molecule has 2 heterocycles. The van der Waals surface area contributed by atoms with Gasteiger partial charge in [-0.15, -0.1) is 0 Å². The summed E-state index contributed by atoms with van der Waals surface area (Å²) < 4.78 is 5.57. The minimum atomic E-state index is -1.12. The lowest BCUT2D eigenvalue weighted by molar-refractivity contribution is 0.0428. The van der Waals surface area contributed by atoms with E-state index >= 15 is 0 Å². The normalized spacial score (nSPS) is 20.0. The van der Waals surface area contributed by atoms with E-state index in [0.29, 0.717) is 11.7 Å². The van der Waals surface area contributed by atoms with Gasteiger partial charge >= 0.3 is 0 Å². The molecule has 7 heteroatoms. The van der Waals surface area contributed by atoms with Crippen molar-refractivity contribution in [3.8, 4) is 0 Å². The second kappa shape index (κ2) is 10.8. The van der Waals surface area contributed by atoms with Gasteiger partial charge in [0.15, 0.2) is 5.96 Å². The zero-order valence-electron chi connectivity index (χ0n) is 18.3. The molecule has 0 spiro atoms. The van der Waals surface area contributed by atoms with Crippen molar-refractivity contribution >= 4 is 5.96 Å². The maximum absolute atomic E-state index is 10.7. The van der Waals surface area contributed by atoms with Crippen LogP contribution in [0, 0.1) is 12.8 Å². The van der Waals surface area contributed by atoms with E-state index in [1.807, 2.05) is 26.0 Å². The van der Waals surface area contributed by atoms with E-state index < -0.39 is 5.60 Å². The molecule has 1 aliphatic rings. The Morgan fingerprint density at radius 3 is 2.46 bits per heavy atom. The van der Waals surface area contributed by atoms with Crippen molar-refractivity contribution in [1.29, 1.82) is 0 Å². The summed E-state index contributed by atoms with van der Waals surface area (Å²) >= 11 is 0. The van der Waals surface area contributed by atoms with Crippen LogP contribution in [0.1, 0.15) is 39.2 Å². The first-order chi connectivity index (χ1) is 13.3. The van der Waals surface area contributed by atoms with Crippen LogP contribution >= 0.6 is 0 Å². The Morgan fingerprint density at radius 2 is 1.89 bits per heavy atom. The van der Waals surface area contributed by atoms with E-state index in [1.165, 1.54) is 13.1 Å². The monoisotopic (exact) mass is 393 g/mol. The number of hydrogen-bond acceptors (Lipinski definition) is 5. The molecule has 1 aromatic rings. The van der Waals surface area contributed by atoms with Gasteiger partial charge in [-0.05, 0) is 45.4 Å². The zero-order valence-corrected chi connectivity index (χ0v) is 18.3. The number of guanidine groups is 1. The first-order valence-electron chi connectivity index (χ1n) is 10.6. The van der Waals surface area contributed by atoms with Crippen LogP contribution < -0.4 is 10.6 Å². The molecule has 1 aliphatic heterocycles. The molecule has 0 bridgehead atoms. The summed E-state index contributed by atoms with van der Waals surface area (Å²) in [5.41, 5.74) is -1.12. The molecule has 0 saturated carbocycles. The number of rotatable bonds is 9. The van der Waals surface area contributed by atoms with Crippen LogP contribution in [-0.4, -0.2) is 79.8 Å². The molecule has 7 nitrogen and oxygen atoms in total. The second-order valence-corrected chi connectivity index (χ2v) is 8.10. The quantitative estimate of drug-likeness (QED) is 0.437. The van der Waals surface area contributed by atoms with Gasteiger partial charge < -0.3 is 30.0 Å². The van der Waals surface area contributed by atoms with Crippen LogP contribution in [0.4, 0.5) is 0 Å². The van der Waals surface area contributed by atoms with Crippen molar-refractivity contribution in [1.82, 2.24) is 20.4 Å². The Balaban J connectivity index is 1.82. The summed E-state index contributed by atoms with van der Waals surface area (Å²) in [6.45, 7) is 18.9. The number of nitrogens with zero attached hydrogens (tertiary/aromatic N) is 3. The van der Waals surface area contributed by atoms with Crippen molar-refractivity contribution in [3.63, 3.8) is 0 Å². The van der Waals surface area contributed by atoms with Crippen LogP contribution in [0.2, 0.25) is 0 Å². The lowest BCUT2D eigenvalue weighted by Crippen LogP contribution is -2.48. The fraction of sp³-hybridized carbons (Fsp3) is 0.762. The van der Waals surface area contributed by atoms with Gasteiger partial charge in [0, 0.05) is 45.8 Å². The Bertz CT molecular complexity index is 606. The zero-order chi connectivity index (χ0) is 20.6. The molecular weight excluding hydrogens is 354 g/mol.